The molecule has 3 heterocycles. The van der Waals surface area contributed by atoms with E-state index in [4.69, 9.17) is 5.11 Å². The minimum Gasteiger partial charge on any atom is -0.395 e. The summed E-state index contributed by atoms with van der Waals surface area (Å²) in [6.07, 6.45) is 1.86. The number of nitrogens with one attached hydrogen (secondary N) is 1. The average molecular weight is 380 g/mol. The van der Waals surface area contributed by atoms with Crippen LogP contribution >= 0.6 is 0 Å². The van der Waals surface area contributed by atoms with Crippen LogP contribution in [0.2, 0.25) is 0 Å². The fourth-order valence-electron chi connectivity index (χ4n) is 3.86. The Morgan fingerprint density at radius 2 is 1.86 bits per heavy atom. The number of hydrogen-bond donors (Lipinski definition) is 2. The van der Waals surface area contributed by atoms with E-state index in [0.717, 1.165) is 67.4 Å². The van der Waals surface area contributed by atoms with Crippen LogP contribution < -0.4 is 5.32 Å². The summed E-state index contributed by atoms with van der Waals surface area (Å²) < 4.78 is 1.81. The summed E-state index contributed by atoms with van der Waals surface area (Å²) in [4.78, 5) is 9.33. The van der Waals surface area contributed by atoms with E-state index in [1.54, 1.807) is 0 Å². The molecule has 148 valence electrons. The van der Waals surface area contributed by atoms with Crippen LogP contribution in [0.25, 0.3) is 11.0 Å². The number of aliphatic hydroxyl groups is 1. The number of rotatable bonds is 6. The largest absolute Gasteiger partial charge is 0.395 e. The molecule has 7 heteroatoms. The Morgan fingerprint density at radius 1 is 1.07 bits per heavy atom. The Hall–Kier alpha value is -2.48. The topological polar surface area (TPSA) is 69.5 Å². The highest BCUT2D eigenvalue weighted by Crippen LogP contribution is 2.23. The van der Waals surface area contributed by atoms with E-state index in [-0.39, 0.29) is 6.61 Å². The van der Waals surface area contributed by atoms with Gasteiger partial charge >= 0.3 is 0 Å². The number of aromatic nitrogens is 3. The van der Waals surface area contributed by atoms with E-state index >= 15 is 0 Å². The first-order valence-electron chi connectivity index (χ1n) is 9.83. The van der Waals surface area contributed by atoms with E-state index in [1.165, 1.54) is 5.56 Å². The van der Waals surface area contributed by atoms with Crippen molar-refractivity contribution in [3.8, 4) is 0 Å². The van der Waals surface area contributed by atoms with Gasteiger partial charge in [0.15, 0.2) is 5.65 Å². The first-order chi connectivity index (χ1) is 13.6. The van der Waals surface area contributed by atoms with Gasteiger partial charge in [-0.1, -0.05) is 12.1 Å². The predicted molar refractivity (Wildman–Crippen MR) is 112 cm³/mol. The van der Waals surface area contributed by atoms with Gasteiger partial charge < -0.3 is 10.4 Å². The third-order valence-electron chi connectivity index (χ3n) is 5.37. The van der Waals surface area contributed by atoms with Gasteiger partial charge in [-0.25, -0.2) is 4.98 Å². The zero-order chi connectivity index (χ0) is 19.5. The number of pyridine rings is 1. The van der Waals surface area contributed by atoms with Crippen LogP contribution in [0.4, 0.5) is 11.4 Å². The van der Waals surface area contributed by atoms with Crippen LogP contribution in [-0.2, 0) is 13.6 Å². The van der Waals surface area contributed by atoms with Crippen LogP contribution in [0.5, 0.6) is 0 Å². The van der Waals surface area contributed by atoms with Crippen LogP contribution in [0, 0.1) is 6.92 Å². The smallest absolute Gasteiger partial charge is 0.157 e. The molecule has 1 aliphatic heterocycles. The second-order valence-corrected chi connectivity index (χ2v) is 7.47. The molecule has 0 saturated carbocycles. The molecular weight excluding hydrogens is 352 g/mol. The molecular formula is C21H28N6O. The Balaban J connectivity index is 1.42. The van der Waals surface area contributed by atoms with E-state index in [2.05, 4.69) is 55.5 Å². The zero-order valence-electron chi connectivity index (χ0n) is 16.6. The third-order valence-corrected chi connectivity index (χ3v) is 5.37. The number of anilines is 2. The molecule has 0 amide bonds. The predicted octanol–water partition coefficient (Wildman–Crippen LogP) is 2.13. The van der Waals surface area contributed by atoms with Gasteiger partial charge in [0.1, 0.15) is 0 Å². The van der Waals surface area contributed by atoms with E-state index in [9.17, 15) is 0 Å². The minimum absolute atomic E-state index is 0.243. The van der Waals surface area contributed by atoms with Gasteiger partial charge in [0.2, 0.25) is 0 Å². The molecule has 3 aromatic rings. The van der Waals surface area contributed by atoms with Gasteiger partial charge in [-0.05, 0) is 30.7 Å². The van der Waals surface area contributed by atoms with Crippen LogP contribution in [-0.4, -0.2) is 69.0 Å². The first-order valence-corrected chi connectivity index (χ1v) is 9.83. The second-order valence-electron chi connectivity index (χ2n) is 7.47. The van der Waals surface area contributed by atoms with Crippen molar-refractivity contribution < 1.29 is 5.11 Å². The van der Waals surface area contributed by atoms with Gasteiger partial charge in [0, 0.05) is 57.4 Å². The van der Waals surface area contributed by atoms with Crippen molar-refractivity contribution in [2.45, 2.75) is 13.5 Å². The zero-order valence-corrected chi connectivity index (χ0v) is 16.6. The van der Waals surface area contributed by atoms with Crippen molar-refractivity contribution in [1.29, 1.82) is 0 Å². The second kappa shape index (κ2) is 8.26. The van der Waals surface area contributed by atoms with Crippen LogP contribution in [0.15, 0.2) is 36.5 Å². The molecule has 2 N–H and O–H groups in total. The standard InChI is InChI=1S/C21H28N6O/c1-16-20-13-19(14-22-21(20)25(2)24-16)23-18-5-3-4-17(12-18)15-27-8-6-26(7-9-27)10-11-28/h3-5,12-14,23,28H,6-11,15H2,1-2H3. The lowest BCUT2D eigenvalue weighted by Crippen LogP contribution is -2.46. The average Bonchev–Trinajstić information content (AvgIpc) is 2.97. The molecule has 0 spiro atoms. The van der Waals surface area contributed by atoms with Gasteiger partial charge in [-0.3, -0.25) is 14.5 Å². The Morgan fingerprint density at radius 3 is 2.64 bits per heavy atom. The number of piperazine rings is 1. The first kappa shape index (κ1) is 18.9. The third kappa shape index (κ3) is 4.16. The summed E-state index contributed by atoms with van der Waals surface area (Å²) >= 11 is 0. The van der Waals surface area contributed by atoms with Crippen molar-refractivity contribution in [3.05, 3.63) is 47.8 Å². The van der Waals surface area contributed by atoms with Crippen molar-refractivity contribution in [1.82, 2.24) is 24.6 Å². The number of fused-ring (bicyclic) bond motifs is 1. The summed E-state index contributed by atoms with van der Waals surface area (Å²) in [7, 11) is 1.92. The lowest BCUT2D eigenvalue weighted by atomic mass is 10.1. The summed E-state index contributed by atoms with van der Waals surface area (Å²) in [5.41, 5.74) is 5.23. The molecule has 2 aromatic heterocycles. The van der Waals surface area contributed by atoms with Gasteiger partial charge in [0.05, 0.1) is 24.2 Å². The molecule has 1 saturated heterocycles. The molecule has 7 nitrogen and oxygen atoms in total. The molecule has 28 heavy (non-hydrogen) atoms. The molecule has 0 atom stereocenters. The van der Waals surface area contributed by atoms with Crippen molar-refractivity contribution in [2.24, 2.45) is 7.05 Å². The number of benzene rings is 1. The molecule has 0 bridgehead atoms. The number of β-amino-alcohol motifs (C(OH)–C–C–N with tert-alkyl or cyclic N) is 1. The molecule has 4 rings (SSSR count). The van der Waals surface area contributed by atoms with Crippen molar-refractivity contribution in [2.75, 3.05) is 44.6 Å². The molecule has 1 fully saturated rings. The minimum atomic E-state index is 0.243. The van der Waals surface area contributed by atoms with Crippen LogP contribution in [0.3, 0.4) is 0 Å². The van der Waals surface area contributed by atoms with E-state index in [0.29, 0.717) is 0 Å². The Labute approximate surface area is 165 Å². The highest BCUT2D eigenvalue weighted by atomic mass is 16.3. The van der Waals surface area contributed by atoms with Crippen molar-refractivity contribution >= 4 is 22.4 Å². The molecule has 1 aliphatic rings. The molecule has 0 aliphatic carbocycles. The maximum absolute atomic E-state index is 9.07. The highest BCUT2D eigenvalue weighted by Gasteiger charge is 2.16. The lowest BCUT2D eigenvalue weighted by molar-refractivity contribution is 0.108. The number of aryl methyl sites for hydroxylation is 2. The van der Waals surface area contributed by atoms with Gasteiger partial charge in [-0.15, -0.1) is 0 Å². The maximum Gasteiger partial charge on any atom is 0.157 e. The number of nitrogens with zero attached hydrogens (tertiary/aromatic N) is 5. The maximum atomic E-state index is 9.07. The summed E-state index contributed by atoms with van der Waals surface area (Å²) in [6.45, 7) is 8.10. The molecule has 1 aromatic carbocycles. The van der Waals surface area contributed by atoms with Gasteiger partial charge in [0.25, 0.3) is 0 Å². The Bertz CT molecular complexity index is 945. The van der Waals surface area contributed by atoms with Crippen molar-refractivity contribution in [3.63, 3.8) is 0 Å². The van der Waals surface area contributed by atoms with Crippen LogP contribution in [0.1, 0.15) is 11.3 Å². The summed E-state index contributed by atoms with van der Waals surface area (Å²) in [5, 5.41) is 18.1. The van der Waals surface area contributed by atoms with Gasteiger partial charge in [-0.2, -0.15) is 5.10 Å². The number of hydrogen-bond acceptors (Lipinski definition) is 6. The molecule has 0 unspecified atom stereocenters. The Kier molecular flexibility index (Phi) is 5.57. The quantitative estimate of drug-likeness (QED) is 0.683. The normalized spacial score (nSPS) is 16.0. The number of aliphatic hydroxyl groups excluding tert-OH is 1. The monoisotopic (exact) mass is 380 g/mol. The summed E-state index contributed by atoms with van der Waals surface area (Å²) in [6, 6.07) is 10.7. The highest BCUT2D eigenvalue weighted by molar-refractivity contribution is 5.82. The molecule has 0 radical (unpaired) electrons. The fraction of sp³-hybridized carbons (Fsp3) is 0.429. The van der Waals surface area contributed by atoms with E-state index in [1.807, 2.05) is 24.9 Å². The fourth-order valence-corrected chi connectivity index (χ4v) is 3.86. The lowest BCUT2D eigenvalue weighted by Gasteiger charge is -2.34. The van der Waals surface area contributed by atoms with E-state index < -0.39 is 0 Å². The summed E-state index contributed by atoms with van der Waals surface area (Å²) in [5.74, 6) is 0. The SMILES string of the molecule is Cc1nn(C)c2ncc(Nc3cccc(CN4CCN(CCO)CC4)c3)cc12.